The molecule has 4 saturated carbocycles. The van der Waals surface area contributed by atoms with Gasteiger partial charge in [0.2, 0.25) is 0 Å². The van der Waals surface area contributed by atoms with Gasteiger partial charge in [0.1, 0.15) is 0 Å². The second kappa shape index (κ2) is 11.9. The molecule has 62 heavy (non-hydrogen) atoms. The van der Waals surface area contributed by atoms with E-state index >= 15 is 0 Å². The highest BCUT2D eigenvalue weighted by Crippen LogP contribution is 2.60. The van der Waals surface area contributed by atoms with Crippen LogP contribution in [0.2, 0.25) is 0 Å². The first-order chi connectivity index (χ1) is 30.7. The predicted octanol–water partition coefficient (Wildman–Crippen LogP) is 14.8. The quantitative estimate of drug-likeness (QED) is 0.178. The van der Waals surface area contributed by atoms with E-state index in [2.05, 4.69) is 131 Å². The number of hydrogen-bond acceptors (Lipinski definition) is 2. The Kier molecular flexibility index (Phi) is 6.46. The first-order valence-electron chi connectivity index (χ1n) is 23.9. The zero-order valence-electron chi connectivity index (χ0n) is 35.0. The second-order valence-corrected chi connectivity index (χ2v) is 21.0. The lowest BCUT2D eigenvalue weighted by atomic mass is 9.67. The molecule has 0 spiro atoms. The number of nitrogens with zero attached hydrogens (tertiary/aromatic N) is 4. The summed E-state index contributed by atoms with van der Waals surface area (Å²) in [6.07, 6.45) is 18.1. The van der Waals surface area contributed by atoms with Crippen molar-refractivity contribution in [3.8, 4) is 27.9 Å². The van der Waals surface area contributed by atoms with Crippen LogP contribution in [0, 0.1) is 23.7 Å². The summed E-state index contributed by atoms with van der Waals surface area (Å²) in [7, 11) is 0. The Labute approximate surface area is 361 Å². The fraction of sp³-hybridized carbons (Fsp3) is 0.310. The summed E-state index contributed by atoms with van der Waals surface area (Å²) in [6, 6.07) is 41.4. The van der Waals surface area contributed by atoms with Gasteiger partial charge in [0.25, 0.3) is 0 Å². The molecular formula is C58H48N4. The molecule has 5 aromatic heterocycles. The Morgan fingerprint density at radius 3 is 1.27 bits per heavy atom. The van der Waals surface area contributed by atoms with Gasteiger partial charge in [0, 0.05) is 61.2 Å². The number of hydrogen-bond donors (Lipinski definition) is 0. The predicted molar refractivity (Wildman–Crippen MR) is 253 cm³/mol. The average Bonchev–Trinajstić information content (AvgIpc) is 3.85. The molecule has 4 atom stereocenters. The van der Waals surface area contributed by atoms with E-state index in [4.69, 9.17) is 9.97 Å². The van der Waals surface area contributed by atoms with E-state index in [0.29, 0.717) is 23.7 Å². The summed E-state index contributed by atoms with van der Waals surface area (Å²) in [5, 5.41) is 8.43. The van der Waals surface area contributed by atoms with Crippen molar-refractivity contribution in [3.05, 3.63) is 144 Å². The molecule has 5 aromatic carbocycles. The Bertz CT molecular complexity index is 3280. The summed E-state index contributed by atoms with van der Waals surface area (Å²) >= 11 is 0. The SMILES string of the molecule is c1ccc(-c2ccc3c(c2)c2cc(-c4ccccc4)ccc2n3-c2cc3c4c5c(ncc4n4c6cnc7c(c6c(c2)c34)C2CC3CC(CC7C3)C2)C2CC3CC(C2)CC5C3)cc1. The zero-order chi connectivity index (χ0) is 39.9. The number of pyridine rings is 2. The molecule has 0 aliphatic heterocycles. The fourth-order valence-corrected chi connectivity index (χ4v) is 15.7. The van der Waals surface area contributed by atoms with Gasteiger partial charge in [-0.1, -0.05) is 72.8 Å². The van der Waals surface area contributed by atoms with Gasteiger partial charge >= 0.3 is 0 Å². The van der Waals surface area contributed by atoms with Crippen LogP contribution in [0.5, 0.6) is 0 Å². The summed E-state index contributed by atoms with van der Waals surface area (Å²) in [6.45, 7) is 0. The van der Waals surface area contributed by atoms with Gasteiger partial charge in [0.15, 0.2) is 0 Å². The van der Waals surface area contributed by atoms with Crippen LogP contribution in [0.25, 0.3) is 87.8 Å². The van der Waals surface area contributed by atoms with E-state index in [1.54, 1.807) is 11.1 Å². The van der Waals surface area contributed by atoms with Crippen molar-refractivity contribution in [2.75, 3.05) is 0 Å². The molecule has 300 valence electrons. The molecule has 10 aromatic rings. The zero-order valence-corrected chi connectivity index (χ0v) is 35.0. The minimum atomic E-state index is 0.597. The standard InChI is InChI=1S/C58H48N4/c1-3-7-35(8-4-1)37-11-13-48-44(25-37)45-26-38(36-9-5-2-6-10-36)12-14-49(45)61(48)43-27-46-54-50(29-59-56-41-21-31-15-32(22-41)18-39(17-31)52(54)56)62-51-30-60-57-42-23-33-16-34(24-42)20-40(19-33)53(57)55(51)47(28-43)58(46)62/h1-14,25-34,39-42H,15-24H2. The Hall–Kier alpha value is -6.00. The Balaban J connectivity index is 1.04. The van der Waals surface area contributed by atoms with E-state index in [0.717, 1.165) is 23.7 Å². The summed E-state index contributed by atoms with van der Waals surface area (Å²) < 4.78 is 5.27. The molecule has 4 nitrogen and oxygen atoms in total. The Morgan fingerprint density at radius 1 is 0.387 bits per heavy atom. The van der Waals surface area contributed by atoms with Crippen molar-refractivity contribution in [1.29, 1.82) is 0 Å². The second-order valence-electron chi connectivity index (χ2n) is 21.0. The largest absolute Gasteiger partial charge is 0.309 e. The molecule has 5 heterocycles. The lowest BCUT2D eigenvalue weighted by Gasteiger charge is -2.38. The van der Waals surface area contributed by atoms with Gasteiger partial charge < -0.3 is 8.97 Å². The number of aromatic nitrogens is 4. The molecule has 8 aliphatic carbocycles. The van der Waals surface area contributed by atoms with Crippen molar-refractivity contribution in [2.24, 2.45) is 23.7 Å². The molecule has 0 N–H and O–H groups in total. The summed E-state index contributed by atoms with van der Waals surface area (Å²) in [5.41, 5.74) is 18.9. The van der Waals surface area contributed by atoms with Gasteiger partial charge in [-0.3, -0.25) is 9.97 Å². The highest BCUT2D eigenvalue weighted by molar-refractivity contribution is 6.26. The molecule has 4 unspecified atom stereocenters. The lowest BCUT2D eigenvalue weighted by molar-refractivity contribution is 0.165. The van der Waals surface area contributed by atoms with E-state index < -0.39 is 0 Å². The fourth-order valence-electron chi connectivity index (χ4n) is 15.7. The van der Waals surface area contributed by atoms with Gasteiger partial charge in [-0.15, -0.1) is 0 Å². The van der Waals surface area contributed by atoms with Gasteiger partial charge in [-0.05, 0) is 169 Å². The molecule has 0 amide bonds. The van der Waals surface area contributed by atoms with Crippen LogP contribution < -0.4 is 0 Å². The molecule has 0 saturated heterocycles. The molecule has 4 fully saturated rings. The van der Waals surface area contributed by atoms with Gasteiger partial charge in [-0.25, -0.2) is 0 Å². The molecule has 8 aliphatic rings. The highest BCUT2D eigenvalue weighted by atomic mass is 15.0. The maximum atomic E-state index is 5.55. The molecule has 18 rings (SSSR count). The maximum absolute atomic E-state index is 5.55. The monoisotopic (exact) mass is 800 g/mol. The van der Waals surface area contributed by atoms with Crippen LogP contribution in [-0.2, 0) is 0 Å². The third-order valence-corrected chi connectivity index (χ3v) is 17.7. The average molecular weight is 801 g/mol. The van der Waals surface area contributed by atoms with Crippen molar-refractivity contribution >= 4 is 59.9 Å². The van der Waals surface area contributed by atoms with Crippen molar-refractivity contribution in [3.63, 3.8) is 0 Å². The van der Waals surface area contributed by atoms with Crippen LogP contribution in [0.1, 0.15) is 110 Å². The van der Waals surface area contributed by atoms with Crippen molar-refractivity contribution in [2.45, 2.75) is 87.9 Å². The first-order valence-corrected chi connectivity index (χ1v) is 23.9. The number of rotatable bonds is 3. The minimum absolute atomic E-state index is 0.597. The number of fused-ring (bicyclic) bond motifs is 9. The van der Waals surface area contributed by atoms with Crippen LogP contribution in [-0.4, -0.2) is 18.9 Å². The van der Waals surface area contributed by atoms with Crippen LogP contribution >= 0.6 is 0 Å². The van der Waals surface area contributed by atoms with Crippen molar-refractivity contribution < 1.29 is 0 Å². The smallest absolute Gasteiger partial charge is 0.0728 e. The molecule has 8 bridgehead atoms. The first kappa shape index (κ1) is 33.6. The minimum Gasteiger partial charge on any atom is -0.309 e. The Morgan fingerprint density at radius 2 is 0.823 bits per heavy atom. The summed E-state index contributed by atoms with van der Waals surface area (Å²) in [4.78, 5) is 11.1. The normalized spacial score (nSPS) is 27.0. The third-order valence-electron chi connectivity index (χ3n) is 17.7. The van der Waals surface area contributed by atoms with E-state index in [-0.39, 0.29) is 0 Å². The summed E-state index contributed by atoms with van der Waals surface area (Å²) in [5.74, 6) is 5.77. The van der Waals surface area contributed by atoms with E-state index in [9.17, 15) is 0 Å². The van der Waals surface area contributed by atoms with E-state index in [1.807, 2.05) is 0 Å². The third kappa shape index (κ3) is 4.38. The topological polar surface area (TPSA) is 35.1 Å². The van der Waals surface area contributed by atoms with Crippen LogP contribution in [0.15, 0.2) is 122 Å². The van der Waals surface area contributed by atoms with Gasteiger partial charge in [-0.2, -0.15) is 0 Å². The maximum Gasteiger partial charge on any atom is 0.0728 e. The lowest BCUT2D eigenvalue weighted by Crippen LogP contribution is -2.25. The molecular weight excluding hydrogens is 753 g/mol. The molecule has 4 heteroatoms. The van der Waals surface area contributed by atoms with Crippen LogP contribution in [0.4, 0.5) is 0 Å². The highest BCUT2D eigenvalue weighted by Gasteiger charge is 2.46. The van der Waals surface area contributed by atoms with E-state index in [1.165, 1.54) is 163 Å². The van der Waals surface area contributed by atoms with Gasteiger partial charge in [0.05, 0.1) is 40.0 Å². The van der Waals surface area contributed by atoms with Crippen LogP contribution in [0.3, 0.4) is 0 Å². The number of benzene rings is 5. The van der Waals surface area contributed by atoms with Crippen molar-refractivity contribution in [1.82, 2.24) is 18.9 Å². The molecule has 0 radical (unpaired) electrons.